The Bertz CT molecular complexity index is 730. The minimum absolute atomic E-state index is 0. The summed E-state index contributed by atoms with van der Waals surface area (Å²) < 4.78 is 2.05. The van der Waals surface area contributed by atoms with Gasteiger partial charge in [-0.15, -0.1) is 23.7 Å². The van der Waals surface area contributed by atoms with Gasteiger partial charge in [0.05, 0.1) is 12.6 Å². The van der Waals surface area contributed by atoms with Gasteiger partial charge in [0.15, 0.2) is 0 Å². The van der Waals surface area contributed by atoms with Crippen LogP contribution >= 0.6 is 23.7 Å². The van der Waals surface area contributed by atoms with Crippen LogP contribution in [0.15, 0.2) is 23.8 Å². The zero-order valence-electron chi connectivity index (χ0n) is 14.4. The predicted molar refractivity (Wildman–Crippen MR) is 101 cm³/mol. The number of rotatable bonds is 3. The molecule has 25 heavy (non-hydrogen) atoms. The number of halogens is 1. The lowest BCUT2D eigenvalue weighted by Crippen LogP contribution is -2.51. The summed E-state index contributed by atoms with van der Waals surface area (Å²) in [5.74, 6) is 1.25. The third-order valence-corrected chi connectivity index (χ3v) is 6.03. The van der Waals surface area contributed by atoms with E-state index in [4.69, 9.17) is 0 Å². The van der Waals surface area contributed by atoms with Crippen molar-refractivity contribution in [3.8, 4) is 0 Å². The number of nitrogens with one attached hydrogen (secondary N) is 1. The Labute approximate surface area is 158 Å². The van der Waals surface area contributed by atoms with Crippen LogP contribution in [0.2, 0.25) is 0 Å². The number of aromatic nitrogens is 2. The first kappa shape index (κ1) is 18.4. The summed E-state index contributed by atoms with van der Waals surface area (Å²) in [5.41, 5.74) is 1.32. The standard InChI is InChI=1S/C17H23N5OS.ClH/c1-20-7-5-19-17(20)14-10-18-4-8-21(14)12-16(23)22-6-2-15-13(11-22)3-9-24-15;/h3,5,7,9,14,18H,2,4,6,8,10-12H2,1H3;1H. The van der Waals surface area contributed by atoms with Gasteiger partial charge in [-0.1, -0.05) is 0 Å². The number of imidazole rings is 1. The van der Waals surface area contributed by atoms with Gasteiger partial charge in [-0.05, 0) is 23.4 Å². The topological polar surface area (TPSA) is 53.4 Å². The molecule has 0 radical (unpaired) electrons. The highest BCUT2D eigenvalue weighted by Gasteiger charge is 2.30. The second-order valence-corrected chi connectivity index (χ2v) is 7.52. The Morgan fingerprint density at radius 1 is 1.44 bits per heavy atom. The van der Waals surface area contributed by atoms with Crippen LogP contribution in [0, 0.1) is 0 Å². The fourth-order valence-electron chi connectivity index (χ4n) is 3.62. The van der Waals surface area contributed by atoms with E-state index >= 15 is 0 Å². The van der Waals surface area contributed by atoms with Crippen LogP contribution in [-0.4, -0.2) is 58.0 Å². The molecule has 0 saturated carbocycles. The first-order valence-corrected chi connectivity index (χ1v) is 9.35. The van der Waals surface area contributed by atoms with Crippen molar-refractivity contribution >= 4 is 29.7 Å². The van der Waals surface area contributed by atoms with E-state index in [1.165, 1.54) is 10.4 Å². The fourth-order valence-corrected chi connectivity index (χ4v) is 4.51. The van der Waals surface area contributed by atoms with E-state index in [-0.39, 0.29) is 24.4 Å². The number of nitrogens with zero attached hydrogens (tertiary/aromatic N) is 4. The lowest BCUT2D eigenvalue weighted by atomic mass is 10.1. The summed E-state index contributed by atoms with van der Waals surface area (Å²) in [6.07, 6.45) is 4.78. The highest BCUT2D eigenvalue weighted by atomic mass is 35.5. The van der Waals surface area contributed by atoms with Crippen molar-refractivity contribution in [1.82, 2.24) is 24.7 Å². The van der Waals surface area contributed by atoms with Crippen LogP contribution in [0.5, 0.6) is 0 Å². The van der Waals surface area contributed by atoms with Crippen LogP contribution in [0.4, 0.5) is 0 Å². The Balaban J connectivity index is 0.00000182. The van der Waals surface area contributed by atoms with Gasteiger partial charge in [0.1, 0.15) is 5.82 Å². The molecule has 2 aliphatic rings. The van der Waals surface area contributed by atoms with Crippen LogP contribution < -0.4 is 5.32 Å². The molecule has 4 rings (SSSR count). The number of piperazine rings is 1. The molecule has 2 aliphatic heterocycles. The van der Waals surface area contributed by atoms with Crippen LogP contribution in [0.3, 0.4) is 0 Å². The van der Waals surface area contributed by atoms with E-state index in [2.05, 4.69) is 26.6 Å². The van der Waals surface area contributed by atoms with Crippen molar-refractivity contribution in [2.75, 3.05) is 32.7 Å². The van der Waals surface area contributed by atoms with E-state index in [1.807, 2.05) is 40.2 Å². The third-order valence-electron chi connectivity index (χ3n) is 5.01. The van der Waals surface area contributed by atoms with Crippen molar-refractivity contribution in [2.24, 2.45) is 7.05 Å². The molecule has 6 nitrogen and oxygen atoms in total. The SMILES string of the molecule is Cl.Cn1ccnc1C1CNCCN1CC(=O)N1CCc2sccc2C1. The van der Waals surface area contributed by atoms with E-state index in [1.54, 1.807) is 0 Å². The largest absolute Gasteiger partial charge is 0.337 e. The number of amides is 1. The van der Waals surface area contributed by atoms with Gasteiger partial charge in [-0.2, -0.15) is 0 Å². The first-order valence-electron chi connectivity index (χ1n) is 8.47. The molecule has 0 bridgehead atoms. The number of hydrogen-bond acceptors (Lipinski definition) is 5. The summed E-state index contributed by atoms with van der Waals surface area (Å²) in [5, 5.41) is 5.56. The molecule has 1 N–H and O–H groups in total. The monoisotopic (exact) mass is 381 g/mol. The second kappa shape index (κ2) is 7.86. The van der Waals surface area contributed by atoms with Gasteiger partial charge >= 0.3 is 0 Å². The molecule has 1 atom stereocenters. The molecule has 8 heteroatoms. The van der Waals surface area contributed by atoms with Crippen molar-refractivity contribution in [3.05, 3.63) is 40.1 Å². The van der Waals surface area contributed by atoms with E-state index in [9.17, 15) is 4.79 Å². The molecule has 1 saturated heterocycles. The molecule has 0 aromatic carbocycles. The van der Waals surface area contributed by atoms with Crippen molar-refractivity contribution in [2.45, 2.75) is 19.0 Å². The highest BCUT2D eigenvalue weighted by Crippen LogP contribution is 2.25. The predicted octanol–water partition coefficient (Wildman–Crippen LogP) is 1.43. The quantitative estimate of drug-likeness (QED) is 0.874. The third kappa shape index (κ3) is 3.74. The molecule has 136 valence electrons. The minimum atomic E-state index is 0. The Morgan fingerprint density at radius 3 is 3.12 bits per heavy atom. The molecule has 0 spiro atoms. The Kier molecular flexibility index (Phi) is 5.78. The lowest BCUT2D eigenvalue weighted by molar-refractivity contribution is -0.134. The smallest absolute Gasteiger partial charge is 0.237 e. The van der Waals surface area contributed by atoms with Crippen LogP contribution in [0.1, 0.15) is 22.3 Å². The molecule has 2 aromatic heterocycles. The van der Waals surface area contributed by atoms with Gasteiger partial charge < -0.3 is 14.8 Å². The second-order valence-electron chi connectivity index (χ2n) is 6.52. The number of aryl methyl sites for hydroxylation is 1. The molecule has 0 aliphatic carbocycles. The first-order chi connectivity index (χ1) is 11.7. The van der Waals surface area contributed by atoms with Gasteiger partial charge in [-0.3, -0.25) is 9.69 Å². The maximum absolute atomic E-state index is 12.8. The molecule has 4 heterocycles. The fraction of sp³-hybridized carbons (Fsp3) is 0.529. The summed E-state index contributed by atoms with van der Waals surface area (Å²) >= 11 is 1.81. The summed E-state index contributed by atoms with van der Waals surface area (Å²) in [7, 11) is 2.01. The van der Waals surface area contributed by atoms with Crippen molar-refractivity contribution < 1.29 is 4.79 Å². The number of carbonyl (C=O) groups is 1. The Morgan fingerprint density at radius 2 is 2.32 bits per heavy atom. The molecular formula is C17H24ClN5OS. The normalized spacial score (nSPS) is 20.8. The van der Waals surface area contributed by atoms with E-state index < -0.39 is 0 Å². The molecule has 2 aromatic rings. The molecular weight excluding hydrogens is 358 g/mol. The molecule has 1 fully saturated rings. The van der Waals surface area contributed by atoms with Crippen molar-refractivity contribution in [3.63, 3.8) is 0 Å². The van der Waals surface area contributed by atoms with E-state index in [0.29, 0.717) is 6.54 Å². The number of carbonyl (C=O) groups excluding carboxylic acids is 1. The van der Waals surface area contributed by atoms with Gasteiger partial charge in [0, 0.05) is 57.0 Å². The zero-order valence-corrected chi connectivity index (χ0v) is 16.0. The van der Waals surface area contributed by atoms with Crippen molar-refractivity contribution in [1.29, 1.82) is 0 Å². The number of hydrogen-bond donors (Lipinski definition) is 1. The Hall–Kier alpha value is -1.41. The zero-order chi connectivity index (χ0) is 16.5. The average molecular weight is 382 g/mol. The molecule has 1 amide bonds. The average Bonchev–Trinajstić information content (AvgIpc) is 3.23. The summed E-state index contributed by atoms with van der Waals surface area (Å²) in [6, 6.07) is 2.31. The van der Waals surface area contributed by atoms with Gasteiger partial charge in [0.25, 0.3) is 0 Å². The van der Waals surface area contributed by atoms with Crippen LogP contribution in [0.25, 0.3) is 0 Å². The minimum Gasteiger partial charge on any atom is -0.337 e. The van der Waals surface area contributed by atoms with Crippen LogP contribution in [-0.2, 0) is 24.8 Å². The van der Waals surface area contributed by atoms with E-state index in [0.717, 1.165) is 45.0 Å². The summed E-state index contributed by atoms with van der Waals surface area (Å²) in [6.45, 7) is 4.71. The lowest BCUT2D eigenvalue weighted by Gasteiger charge is -2.37. The maximum Gasteiger partial charge on any atom is 0.237 e. The maximum atomic E-state index is 12.8. The number of thiophene rings is 1. The summed E-state index contributed by atoms with van der Waals surface area (Å²) in [4.78, 5) is 23.0. The highest BCUT2D eigenvalue weighted by molar-refractivity contribution is 7.10. The van der Waals surface area contributed by atoms with Gasteiger partial charge in [0.2, 0.25) is 5.91 Å². The molecule has 1 unspecified atom stereocenters. The number of fused-ring (bicyclic) bond motifs is 1. The van der Waals surface area contributed by atoms with Gasteiger partial charge in [-0.25, -0.2) is 4.98 Å².